The third kappa shape index (κ3) is 3.71. The Labute approximate surface area is 209 Å². The Hall–Kier alpha value is -5.25. The molecule has 0 unspecified atom stereocenters. The van der Waals surface area contributed by atoms with Gasteiger partial charge in [-0.2, -0.15) is 0 Å². The maximum atomic E-state index is 13.1. The maximum absolute atomic E-state index is 13.1. The molecule has 10 heteroatoms. The number of ether oxygens (including phenoxy) is 1. The second kappa shape index (κ2) is 8.45. The second-order valence-electron chi connectivity index (χ2n) is 8.65. The Balaban J connectivity index is 1.56. The molecule has 2 amide bonds. The predicted molar refractivity (Wildman–Crippen MR) is 137 cm³/mol. The van der Waals surface area contributed by atoms with Crippen LogP contribution in [0.15, 0.2) is 73.2 Å². The summed E-state index contributed by atoms with van der Waals surface area (Å²) in [5, 5.41) is 14.5. The van der Waals surface area contributed by atoms with Gasteiger partial charge in [0.2, 0.25) is 0 Å². The lowest BCUT2D eigenvalue weighted by Gasteiger charge is -2.06. The van der Waals surface area contributed by atoms with Crippen LogP contribution in [0.4, 0.5) is 5.69 Å². The minimum Gasteiger partial charge on any atom is -0.497 e. The number of benzene rings is 3. The van der Waals surface area contributed by atoms with Crippen LogP contribution < -0.4 is 10.1 Å². The first kappa shape index (κ1) is 22.2. The lowest BCUT2D eigenvalue weighted by Crippen LogP contribution is -2.22. The van der Waals surface area contributed by atoms with Crippen LogP contribution in [0.2, 0.25) is 0 Å². The van der Waals surface area contributed by atoms with Crippen LogP contribution in [-0.2, 0) is 16.1 Å². The van der Waals surface area contributed by atoms with Crippen molar-refractivity contribution in [1.29, 1.82) is 0 Å². The molecule has 0 saturated carbocycles. The van der Waals surface area contributed by atoms with Gasteiger partial charge in [-0.05, 0) is 41.5 Å². The van der Waals surface area contributed by atoms with Gasteiger partial charge >= 0.3 is 0 Å². The van der Waals surface area contributed by atoms with Gasteiger partial charge in [-0.25, -0.2) is 4.98 Å². The number of H-pyrrole nitrogens is 1. The fraction of sp³-hybridized carbons (Fsp3) is 0.0741. The first-order valence-corrected chi connectivity index (χ1v) is 11.4. The number of hydrogen-bond donors (Lipinski definition) is 2. The summed E-state index contributed by atoms with van der Waals surface area (Å²) in [5.74, 6) is -0.475. The van der Waals surface area contributed by atoms with Crippen LogP contribution in [0.3, 0.4) is 0 Å². The van der Waals surface area contributed by atoms with Crippen molar-refractivity contribution >= 4 is 50.6 Å². The zero-order valence-electron chi connectivity index (χ0n) is 19.5. The average molecular weight is 493 g/mol. The van der Waals surface area contributed by atoms with Crippen molar-refractivity contribution in [2.24, 2.45) is 0 Å². The van der Waals surface area contributed by atoms with E-state index < -0.39 is 16.7 Å². The van der Waals surface area contributed by atoms with E-state index in [4.69, 9.17) is 4.74 Å². The van der Waals surface area contributed by atoms with Gasteiger partial charge in [-0.15, -0.1) is 0 Å². The number of methoxy groups -OCH3 is 1. The SMILES string of the molecule is COc1ccc(C2=C(c3cn(Cc4ccc5[nH]cnc5c4)c4ccc([N+](=O)[O-])cc34)C(=O)NC2=O)cc1. The van der Waals surface area contributed by atoms with Gasteiger partial charge in [0, 0.05) is 41.3 Å². The number of non-ortho nitro benzene ring substituents is 1. The maximum Gasteiger partial charge on any atom is 0.270 e. The summed E-state index contributed by atoms with van der Waals surface area (Å²) in [7, 11) is 1.54. The van der Waals surface area contributed by atoms with Crippen LogP contribution >= 0.6 is 0 Å². The van der Waals surface area contributed by atoms with Crippen LogP contribution in [-0.4, -0.2) is 38.4 Å². The normalized spacial score (nSPS) is 13.5. The van der Waals surface area contributed by atoms with E-state index in [1.807, 2.05) is 22.8 Å². The molecule has 5 aromatic rings. The molecule has 0 saturated heterocycles. The molecule has 10 nitrogen and oxygen atoms in total. The molecule has 1 aliphatic rings. The van der Waals surface area contributed by atoms with Crippen molar-refractivity contribution < 1.29 is 19.2 Å². The van der Waals surface area contributed by atoms with Gasteiger partial charge in [0.15, 0.2) is 0 Å². The topological polar surface area (TPSA) is 132 Å². The van der Waals surface area contributed by atoms with Crippen molar-refractivity contribution in [2.45, 2.75) is 6.54 Å². The number of rotatable bonds is 6. The number of imide groups is 1. The molecule has 3 aromatic carbocycles. The number of nitrogens with zero attached hydrogens (tertiary/aromatic N) is 3. The minimum absolute atomic E-state index is 0.110. The summed E-state index contributed by atoms with van der Waals surface area (Å²) in [6.07, 6.45) is 3.39. The zero-order chi connectivity index (χ0) is 25.7. The molecule has 2 aromatic heterocycles. The molecule has 6 rings (SSSR count). The van der Waals surface area contributed by atoms with E-state index in [1.165, 1.54) is 19.2 Å². The fourth-order valence-electron chi connectivity index (χ4n) is 4.75. The highest BCUT2D eigenvalue weighted by molar-refractivity contribution is 6.50. The summed E-state index contributed by atoms with van der Waals surface area (Å²) in [6.45, 7) is 0.428. The lowest BCUT2D eigenvalue weighted by atomic mass is 9.96. The molecular formula is C27H19N5O5. The van der Waals surface area contributed by atoms with Gasteiger partial charge in [0.1, 0.15) is 5.75 Å². The Morgan fingerprint density at radius 3 is 2.54 bits per heavy atom. The van der Waals surface area contributed by atoms with Gasteiger partial charge in [-0.3, -0.25) is 25.0 Å². The number of imidazole rings is 1. The number of carbonyl (C=O) groups is 2. The highest BCUT2D eigenvalue weighted by atomic mass is 16.6. The van der Waals surface area contributed by atoms with Crippen molar-refractivity contribution in [3.8, 4) is 5.75 Å². The molecule has 0 bridgehead atoms. The Kier molecular flexibility index (Phi) is 5.08. The highest BCUT2D eigenvalue weighted by Crippen LogP contribution is 2.38. The monoisotopic (exact) mass is 493 g/mol. The Morgan fingerprint density at radius 1 is 1.00 bits per heavy atom. The Bertz CT molecular complexity index is 1780. The summed E-state index contributed by atoms with van der Waals surface area (Å²) < 4.78 is 7.12. The van der Waals surface area contributed by atoms with E-state index in [-0.39, 0.29) is 16.8 Å². The van der Waals surface area contributed by atoms with Crippen molar-refractivity contribution in [1.82, 2.24) is 19.9 Å². The van der Waals surface area contributed by atoms with E-state index in [9.17, 15) is 19.7 Å². The molecule has 0 aliphatic carbocycles. The molecular weight excluding hydrogens is 474 g/mol. The van der Waals surface area contributed by atoms with Gasteiger partial charge in [0.25, 0.3) is 17.5 Å². The molecule has 3 heterocycles. The number of hydrogen-bond acceptors (Lipinski definition) is 6. The minimum atomic E-state index is -0.556. The van der Waals surface area contributed by atoms with Gasteiger partial charge in [0.05, 0.1) is 40.5 Å². The molecule has 0 atom stereocenters. The first-order valence-electron chi connectivity index (χ1n) is 11.4. The summed E-state index contributed by atoms with van der Waals surface area (Å²) in [4.78, 5) is 44.4. The molecule has 0 spiro atoms. The number of amides is 2. The van der Waals surface area contributed by atoms with E-state index in [0.717, 1.165) is 16.6 Å². The van der Waals surface area contributed by atoms with Gasteiger partial charge < -0.3 is 14.3 Å². The van der Waals surface area contributed by atoms with Crippen molar-refractivity contribution in [3.63, 3.8) is 0 Å². The fourth-order valence-corrected chi connectivity index (χ4v) is 4.75. The summed E-state index contributed by atoms with van der Waals surface area (Å²) >= 11 is 0. The molecule has 2 N–H and O–H groups in total. The molecule has 182 valence electrons. The number of aromatic amines is 1. The predicted octanol–water partition coefficient (Wildman–Crippen LogP) is 4.05. The lowest BCUT2D eigenvalue weighted by molar-refractivity contribution is -0.384. The van der Waals surface area contributed by atoms with Gasteiger partial charge in [-0.1, -0.05) is 18.2 Å². The van der Waals surface area contributed by atoms with Crippen LogP contribution in [0, 0.1) is 10.1 Å². The summed E-state index contributed by atoms with van der Waals surface area (Å²) in [6, 6.07) is 17.2. The average Bonchev–Trinajstić information content (AvgIpc) is 3.58. The van der Waals surface area contributed by atoms with Crippen LogP contribution in [0.5, 0.6) is 5.75 Å². The number of nitro groups is 1. The third-order valence-electron chi connectivity index (χ3n) is 6.49. The third-order valence-corrected chi connectivity index (χ3v) is 6.49. The largest absolute Gasteiger partial charge is 0.497 e. The molecule has 1 aliphatic heterocycles. The van der Waals surface area contributed by atoms with Crippen molar-refractivity contribution in [2.75, 3.05) is 7.11 Å². The van der Waals surface area contributed by atoms with E-state index in [1.54, 1.807) is 42.9 Å². The van der Waals surface area contributed by atoms with Crippen LogP contribution in [0.25, 0.3) is 33.1 Å². The number of nitro benzene ring substituents is 1. The second-order valence-corrected chi connectivity index (χ2v) is 8.65. The zero-order valence-corrected chi connectivity index (χ0v) is 19.5. The number of nitrogens with one attached hydrogen (secondary N) is 2. The number of carbonyl (C=O) groups excluding carboxylic acids is 2. The molecule has 37 heavy (non-hydrogen) atoms. The smallest absolute Gasteiger partial charge is 0.270 e. The standard InChI is InChI=1S/C27H19N5O5/c1-37-18-6-3-16(4-7-18)24-25(27(34)30-26(24)33)20-13-31(23-9-5-17(32(35)36)11-19(20)23)12-15-2-8-21-22(10-15)29-14-28-21/h2-11,13-14H,12H2,1H3,(H,28,29)(H,30,33,34). The van der Waals surface area contributed by atoms with Crippen LogP contribution in [0.1, 0.15) is 16.7 Å². The highest BCUT2D eigenvalue weighted by Gasteiger charge is 2.34. The van der Waals surface area contributed by atoms with E-state index in [0.29, 0.717) is 34.3 Å². The first-order chi connectivity index (χ1) is 17.9. The van der Waals surface area contributed by atoms with E-state index in [2.05, 4.69) is 15.3 Å². The molecule has 0 radical (unpaired) electrons. The van der Waals surface area contributed by atoms with E-state index >= 15 is 0 Å². The Morgan fingerprint density at radius 2 is 1.78 bits per heavy atom. The number of aromatic nitrogens is 3. The summed E-state index contributed by atoms with van der Waals surface area (Å²) in [5.41, 5.74) is 4.61. The quantitative estimate of drug-likeness (QED) is 0.208. The molecule has 0 fully saturated rings. The number of fused-ring (bicyclic) bond motifs is 2. The van der Waals surface area contributed by atoms with Crippen molar-refractivity contribution in [3.05, 3.63) is 100.0 Å².